The molecule has 2 aromatic rings. The fourth-order valence-corrected chi connectivity index (χ4v) is 4.13. The molecule has 2 aromatic carbocycles. The Bertz CT molecular complexity index is 773. The fraction of sp³-hybridized carbons (Fsp3) is 0. The number of carbonyl (C=O) groups is 2. The molecule has 0 saturated heterocycles. The third-order valence-corrected chi connectivity index (χ3v) is 5.64. The van der Waals surface area contributed by atoms with Crippen LogP contribution in [0.1, 0.15) is 20.7 Å². The van der Waals surface area contributed by atoms with Crippen molar-refractivity contribution in [3.05, 3.63) is 60.4 Å². The van der Waals surface area contributed by atoms with Crippen LogP contribution < -0.4 is 4.90 Å². The van der Waals surface area contributed by atoms with Crippen molar-refractivity contribution in [3.63, 3.8) is 0 Å². The van der Waals surface area contributed by atoms with E-state index in [1.54, 1.807) is 30.3 Å². The molecule has 0 aliphatic carbocycles. The second-order valence-electron chi connectivity index (χ2n) is 4.31. The van der Waals surface area contributed by atoms with Crippen molar-refractivity contribution in [1.29, 1.82) is 0 Å². The lowest BCUT2D eigenvalue weighted by molar-refractivity contribution is 0.0926. The largest absolute Gasteiger partial charge is 0.268 e. The molecule has 7 heteroatoms. The van der Waals surface area contributed by atoms with Crippen molar-refractivity contribution in [3.8, 4) is 0 Å². The van der Waals surface area contributed by atoms with Gasteiger partial charge < -0.3 is 0 Å². The number of hydrogen-bond acceptors (Lipinski definition) is 2. The van der Waals surface area contributed by atoms with Crippen LogP contribution in [0.4, 0.5) is 5.69 Å². The number of imide groups is 1. The summed E-state index contributed by atoms with van der Waals surface area (Å²) < 4.78 is 0.958. The van der Waals surface area contributed by atoms with Crippen molar-refractivity contribution in [2.75, 3.05) is 4.90 Å². The Labute approximate surface area is 147 Å². The summed E-state index contributed by atoms with van der Waals surface area (Å²) in [6.07, 6.45) is 0. The van der Waals surface area contributed by atoms with Crippen LogP contribution in [0.25, 0.3) is 0 Å². The van der Waals surface area contributed by atoms with Crippen molar-refractivity contribution >= 4 is 72.6 Å². The second kappa shape index (κ2) is 5.39. The predicted molar refractivity (Wildman–Crippen MR) is 89.4 cm³/mol. The number of carbonyl (C=O) groups excluding carboxylic acids is 2. The van der Waals surface area contributed by atoms with E-state index in [4.69, 9.17) is 23.2 Å². The molecule has 0 radical (unpaired) electrons. The summed E-state index contributed by atoms with van der Waals surface area (Å²) in [5, 5.41) is 0.582. The Hall–Kier alpha value is -0.880. The molecule has 3 rings (SSSR count). The summed E-state index contributed by atoms with van der Waals surface area (Å²) in [5.41, 5.74) is 0.949. The molecule has 106 valence electrons. The highest BCUT2D eigenvalue weighted by atomic mass is 79.9. The summed E-state index contributed by atoms with van der Waals surface area (Å²) in [7, 11) is 0. The van der Waals surface area contributed by atoms with Crippen LogP contribution in [0.2, 0.25) is 10.0 Å². The number of benzene rings is 2. The first kappa shape index (κ1) is 15.0. The van der Waals surface area contributed by atoms with Gasteiger partial charge in [-0.25, -0.2) is 4.90 Å². The van der Waals surface area contributed by atoms with E-state index in [9.17, 15) is 9.59 Å². The van der Waals surface area contributed by atoms with Gasteiger partial charge in [-0.2, -0.15) is 0 Å². The SMILES string of the molecule is O=C1c2ccccc2C(=O)N1c1c(Cl)cc(Br)c(Cl)c1Br. The Balaban J connectivity index is 2.23. The summed E-state index contributed by atoms with van der Waals surface area (Å²) in [4.78, 5) is 26.0. The third-order valence-electron chi connectivity index (χ3n) is 3.11. The highest BCUT2D eigenvalue weighted by molar-refractivity contribution is 9.11. The molecule has 0 fully saturated rings. The highest BCUT2D eigenvalue weighted by Gasteiger charge is 2.38. The van der Waals surface area contributed by atoms with Gasteiger partial charge in [0.1, 0.15) is 0 Å². The average molecular weight is 450 g/mol. The van der Waals surface area contributed by atoms with Gasteiger partial charge in [-0.3, -0.25) is 9.59 Å². The van der Waals surface area contributed by atoms with Gasteiger partial charge in [0.15, 0.2) is 0 Å². The van der Waals surface area contributed by atoms with Gasteiger partial charge in [-0.05, 0) is 50.1 Å². The van der Waals surface area contributed by atoms with Crippen LogP contribution in [-0.4, -0.2) is 11.8 Å². The topological polar surface area (TPSA) is 37.4 Å². The van der Waals surface area contributed by atoms with Gasteiger partial charge in [-0.15, -0.1) is 0 Å². The minimum Gasteiger partial charge on any atom is -0.268 e. The molecular formula is C14H5Br2Cl2NO2. The molecule has 0 unspecified atom stereocenters. The molecule has 0 bridgehead atoms. The molecule has 0 spiro atoms. The van der Waals surface area contributed by atoms with Gasteiger partial charge in [-0.1, -0.05) is 35.3 Å². The Morgan fingerprint density at radius 3 is 2.00 bits per heavy atom. The lowest BCUT2D eigenvalue weighted by Gasteiger charge is -2.18. The molecule has 0 N–H and O–H groups in total. The van der Waals surface area contributed by atoms with Crippen LogP contribution in [0.15, 0.2) is 39.3 Å². The molecule has 21 heavy (non-hydrogen) atoms. The smallest absolute Gasteiger partial charge is 0.266 e. The van der Waals surface area contributed by atoms with E-state index in [2.05, 4.69) is 31.9 Å². The molecular weight excluding hydrogens is 445 g/mol. The third kappa shape index (κ3) is 2.23. The number of anilines is 1. The Morgan fingerprint density at radius 2 is 1.48 bits per heavy atom. The van der Waals surface area contributed by atoms with Crippen molar-refractivity contribution < 1.29 is 9.59 Å². The van der Waals surface area contributed by atoms with Crippen LogP contribution in [0.5, 0.6) is 0 Å². The van der Waals surface area contributed by atoms with Gasteiger partial charge >= 0.3 is 0 Å². The van der Waals surface area contributed by atoms with Gasteiger partial charge in [0, 0.05) is 4.47 Å². The molecule has 1 heterocycles. The quantitative estimate of drug-likeness (QED) is 0.336. The average Bonchev–Trinajstić information content (AvgIpc) is 2.71. The van der Waals surface area contributed by atoms with Crippen LogP contribution in [-0.2, 0) is 0 Å². The summed E-state index contributed by atoms with van der Waals surface area (Å²) in [6, 6.07) is 8.18. The van der Waals surface area contributed by atoms with Gasteiger partial charge in [0.25, 0.3) is 11.8 Å². The van der Waals surface area contributed by atoms with Crippen LogP contribution >= 0.6 is 55.1 Å². The predicted octanol–water partition coefficient (Wildman–Crippen LogP) is 5.32. The first-order chi connectivity index (χ1) is 9.93. The van der Waals surface area contributed by atoms with Crippen LogP contribution in [0, 0.1) is 0 Å². The van der Waals surface area contributed by atoms with Gasteiger partial charge in [0.05, 0.1) is 31.3 Å². The first-order valence-electron chi connectivity index (χ1n) is 5.74. The Kier molecular flexibility index (Phi) is 3.86. The van der Waals surface area contributed by atoms with Crippen molar-refractivity contribution in [2.24, 2.45) is 0 Å². The lowest BCUT2D eigenvalue weighted by atomic mass is 10.1. The lowest BCUT2D eigenvalue weighted by Crippen LogP contribution is -2.30. The van der Waals surface area contributed by atoms with E-state index in [1.165, 1.54) is 0 Å². The monoisotopic (exact) mass is 447 g/mol. The number of nitrogens with zero attached hydrogens (tertiary/aromatic N) is 1. The minimum atomic E-state index is -0.420. The zero-order chi connectivity index (χ0) is 15.3. The van der Waals surface area contributed by atoms with Crippen LogP contribution in [0.3, 0.4) is 0 Å². The Morgan fingerprint density at radius 1 is 0.952 bits per heavy atom. The molecule has 0 aromatic heterocycles. The van der Waals surface area contributed by atoms with E-state index in [0.29, 0.717) is 25.1 Å². The second-order valence-corrected chi connectivity index (χ2v) is 6.74. The normalized spacial score (nSPS) is 13.8. The summed E-state index contributed by atoms with van der Waals surface area (Å²) in [5.74, 6) is -0.840. The van der Waals surface area contributed by atoms with Gasteiger partial charge in [0.2, 0.25) is 0 Å². The maximum atomic E-state index is 12.5. The molecule has 0 atom stereocenters. The zero-order valence-electron chi connectivity index (χ0n) is 10.2. The van der Waals surface area contributed by atoms with E-state index in [0.717, 1.165) is 4.90 Å². The van der Waals surface area contributed by atoms with E-state index in [-0.39, 0.29) is 10.7 Å². The van der Waals surface area contributed by atoms with E-state index >= 15 is 0 Å². The minimum absolute atomic E-state index is 0.243. The molecule has 2 amide bonds. The first-order valence-corrected chi connectivity index (χ1v) is 8.08. The highest BCUT2D eigenvalue weighted by Crippen LogP contribution is 2.45. The van der Waals surface area contributed by atoms with E-state index in [1.807, 2.05) is 0 Å². The fourth-order valence-electron chi connectivity index (χ4n) is 2.15. The molecule has 0 saturated carbocycles. The molecule has 3 nitrogen and oxygen atoms in total. The zero-order valence-corrected chi connectivity index (χ0v) is 14.8. The maximum absolute atomic E-state index is 12.5. The number of amides is 2. The van der Waals surface area contributed by atoms with Crippen molar-refractivity contribution in [2.45, 2.75) is 0 Å². The summed E-state index contributed by atoms with van der Waals surface area (Å²) >= 11 is 18.9. The number of rotatable bonds is 1. The summed E-state index contributed by atoms with van der Waals surface area (Å²) in [6.45, 7) is 0. The standard InChI is InChI=1S/C14H5Br2Cl2NO2/c15-8-5-9(17)12(10(16)11(8)18)19-13(20)6-3-1-2-4-7(6)14(19)21/h1-5H. The maximum Gasteiger partial charge on any atom is 0.266 e. The number of halogens is 4. The van der Waals surface area contributed by atoms with Crippen molar-refractivity contribution in [1.82, 2.24) is 0 Å². The number of hydrogen-bond donors (Lipinski definition) is 0. The molecule has 1 aliphatic rings. The number of fused-ring (bicyclic) bond motifs is 1. The molecule has 1 aliphatic heterocycles. The van der Waals surface area contributed by atoms with E-state index < -0.39 is 11.8 Å².